The van der Waals surface area contributed by atoms with Crippen molar-refractivity contribution >= 4 is 22.4 Å². The molecule has 1 N–H and O–H groups in total. The van der Waals surface area contributed by atoms with Gasteiger partial charge in [0.2, 0.25) is 5.91 Å². The van der Waals surface area contributed by atoms with Crippen molar-refractivity contribution in [1.82, 2.24) is 4.98 Å². The highest BCUT2D eigenvalue weighted by Gasteiger charge is 2.07. The van der Waals surface area contributed by atoms with Crippen LogP contribution in [0.3, 0.4) is 0 Å². The Morgan fingerprint density at radius 1 is 1.19 bits per heavy atom. The fourth-order valence-electron chi connectivity index (χ4n) is 2.09. The first-order valence-electron chi connectivity index (χ1n) is 7.57. The van der Waals surface area contributed by atoms with Crippen molar-refractivity contribution < 1.29 is 4.79 Å². The maximum absolute atomic E-state index is 11.8. The summed E-state index contributed by atoms with van der Waals surface area (Å²) in [5, 5.41) is 5.56. The molecule has 0 unspecified atom stereocenters. The van der Waals surface area contributed by atoms with Crippen LogP contribution in [0.15, 0.2) is 29.6 Å². The third-order valence-corrected chi connectivity index (χ3v) is 4.17. The summed E-state index contributed by atoms with van der Waals surface area (Å²) in [5.41, 5.74) is 3.33. The van der Waals surface area contributed by atoms with Crippen LogP contribution < -0.4 is 5.32 Å². The SMILES string of the molecule is CCCCCC(=O)Nc1nc(-c2ccc(CC)cc2)cs1. The Morgan fingerprint density at radius 3 is 2.62 bits per heavy atom. The fourth-order valence-corrected chi connectivity index (χ4v) is 2.83. The number of carbonyl (C=O) groups is 1. The van der Waals surface area contributed by atoms with Gasteiger partial charge in [-0.15, -0.1) is 11.3 Å². The summed E-state index contributed by atoms with van der Waals surface area (Å²) >= 11 is 1.48. The van der Waals surface area contributed by atoms with E-state index in [1.165, 1.54) is 16.9 Å². The number of unbranched alkanes of at least 4 members (excludes halogenated alkanes) is 2. The summed E-state index contributed by atoms with van der Waals surface area (Å²) in [6, 6.07) is 8.41. The molecule has 1 aromatic carbocycles. The number of anilines is 1. The molecule has 0 atom stereocenters. The normalized spacial score (nSPS) is 10.6. The smallest absolute Gasteiger partial charge is 0.226 e. The Labute approximate surface area is 130 Å². The number of thiazole rings is 1. The van der Waals surface area contributed by atoms with Crippen molar-refractivity contribution in [2.24, 2.45) is 0 Å². The number of hydrogen-bond acceptors (Lipinski definition) is 3. The van der Waals surface area contributed by atoms with Crippen LogP contribution in [0.5, 0.6) is 0 Å². The van der Waals surface area contributed by atoms with Crippen molar-refractivity contribution in [3.05, 3.63) is 35.2 Å². The lowest BCUT2D eigenvalue weighted by molar-refractivity contribution is -0.116. The van der Waals surface area contributed by atoms with Gasteiger partial charge in [-0.2, -0.15) is 0 Å². The highest BCUT2D eigenvalue weighted by Crippen LogP contribution is 2.25. The van der Waals surface area contributed by atoms with Gasteiger partial charge in [-0.3, -0.25) is 4.79 Å². The quantitative estimate of drug-likeness (QED) is 0.740. The van der Waals surface area contributed by atoms with E-state index >= 15 is 0 Å². The van der Waals surface area contributed by atoms with Crippen LogP contribution in [-0.2, 0) is 11.2 Å². The molecule has 112 valence electrons. The van der Waals surface area contributed by atoms with Crippen LogP contribution in [0.25, 0.3) is 11.3 Å². The van der Waals surface area contributed by atoms with Crippen LogP contribution in [0.4, 0.5) is 5.13 Å². The third kappa shape index (κ3) is 4.67. The van der Waals surface area contributed by atoms with Crippen molar-refractivity contribution in [3.63, 3.8) is 0 Å². The molecule has 0 aliphatic carbocycles. The standard InChI is InChI=1S/C17H22N2OS/c1-3-5-6-7-16(20)19-17-18-15(12-21-17)14-10-8-13(4-2)9-11-14/h8-12H,3-7H2,1-2H3,(H,18,19,20). The van der Waals surface area contributed by atoms with Gasteiger partial charge in [-0.1, -0.05) is 51.0 Å². The predicted molar refractivity (Wildman–Crippen MR) is 89.7 cm³/mol. The molecule has 2 rings (SSSR count). The highest BCUT2D eigenvalue weighted by molar-refractivity contribution is 7.14. The van der Waals surface area contributed by atoms with E-state index in [4.69, 9.17) is 0 Å². The molecule has 0 saturated heterocycles. The Bertz CT molecular complexity index is 575. The number of rotatable bonds is 7. The van der Waals surface area contributed by atoms with E-state index in [1.54, 1.807) is 0 Å². The van der Waals surface area contributed by atoms with E-state index in [0.717, 1.165) is 36.9 Å². The Balaban J connectivity index is 1.95. The number of nitrogens with one attached hydrogen (secondary N) is 1. The number of hydrogen-bond donors (Lipinski definition) is 1. The largest absolute Gasteiger partial charge is 0.302 e. The minimum atomic E-state index is 0.0608. The zero-order chi connectivity index (χ0) is 15.1. The first kappa shape index (κ1) is 15.7. The Morgan fingerprint density at radius 2 is 1.95 bits per heavy atom. The molecule has 0 radical (unpaired) electrons. The number of amides is 1. The third-order valence-electron chi connectivity index (χ3n) is 3.42. The Kier molecular flexibility index (Phi) is 5.93. The summed E-state index contributed by atoms with van der Waals surface area (Å²) < 4.78 is 0. The number of carbonyl (C=O) groups excluding carboxylic acids is 1. The monoisotopic (exact) mass is 302 g/mol. The second-order valence-electron chi connectivity index (χ2n) is 5.09. The van der Waals surface area contributed by atoms with Gasteiger partial charge in [0.05, 0.1) is 5.69 Å². The minimum absolute atomic E-state index is 0.0608. The van der Waals surface area contributed by atoms with Crippen LogP contribution in [-0.4, -0.2) is 10.9 Å². The number of benzene rings is 1. The summed E-state index contributed by atoms with van der Waals surface area (Å²) in [7, 11) is 0. The number of nitrogens with zero attached hydrogens (tertiary/aromatic N) is 1. The van der Waals surface area contributed by atoms with E-state index in [0.29, 0.717) is 11.6 Å². The van der Waals surface area contributed by atoms with Gasteiger partial charge in [0.25, 0.3) is 0 Å². The molecule has 0 saturated carbocycles. The molecular formula is C17H22N2OS. The summed E-state index contributed by atoms with van der Waals surface area (Å²) in [6.45, 7) is 4.28. The molecule has 0 aliphatic rings. The second kappa shape index (κ2) is 7.93. The molecule has 0 spiro atoms. The van der Waals surface area contributed by atoms with Crippen molar-refractivity contribution in [3.8, 4) is 11.3 Å². The zero-order valence-electron chi connectivity index (χ0n) is 12.7. The van der Waals surface area contributed by atoms with Gasteiger partial charge >= 0.3 is 0 Å². The van der Waals surface area contributed by atoms with Gasteiger partial charge in [0.1, 0.15) is 0 Å². The van der Waals surface area contributed by atoms with Gasteiger partial charge in [-0.25, -0.2) is 4.98 Å². The maximum Gasteiger partial charge on any atom is 0.226 e. The minimum Gasteiger partial charge on any atom is -0.302 e. The molecule has 21 heavy (non-hydrogen) atoms. The Hall–Kier alpha value is -1.68. The fraction of sp³-hybridized carbons (Fsp3) is 0.412. The zero-order valence-corrected chi connectivity index (χ0v) is 13.5. The van der Waals surface area contributed by atoms with Crippen molar-refractivity contribution in [1.29, 1.82) is 0 Å². The van der Waals surface area contributed by atoms with Gasteiger partial charge in [0, 0.05) is 17.4 Å². The number of aryl methyl sites for hydroxylation is 1. The van der Waals surface area contributed by atoms with E-state index in [-0.39, 0.29) is 5.91 Å². The number of aromatic nitrogens is 1. The van der Waals surface area contributed by atoms with E-state index in [1.807, 2.05) is 5.38 Å². The summed E-state index contributed by atoms with van der Waals surface area (Å²) in [6.07, 6.45) is 4.78. The molecule has 0 fully saturated rings. The van der Waals surface area contributed by atoms with Crippen molar-refractivity contribution in [2.75, 3.05) is 5.32 Å². The lowest BCUT2D eigenvalue weighted by atomic mass is 10.1. The average Bonchev–Trinajstić information content (AvgIpc) is 2.96. The first-order chi connectivity index (χ1) is 10.2. The molecular weight excluding hydrogens is 280 g/mol. The molecule has 3 nitrogen and oxygen atoms in total. The molecule has 1 heterocycles. The average molecular weight is 302 g/mol. The molecule has 1 amide bonds. The van der Waals surface area contributed by atoms with Crippen LogP contribution >= 0.6 is 11.3 Å². The highest BCUT2D eigenvalue weighted by atomic mass is 32.1. The van der Waals surface area contributed by atoms with Crippen LogP contribution in [0.2, 0.25) is 0 Å². The summed E-state index contributed by atoms with van der Waals surface area (Å²) in [4.78, 5) is 16.3. The second-order valence-corrected chi connectivity index (χ2v) is 5.95. The maximum atomic E-state index is 11.8. The van der Waals surface area contributed by atoms with Gasteiger partial charge < -0.3 is 5.32 Å². The van der Waals surface area contributed by atoms with Crippen molar-refractivity contribution in [2.45, 2.75) is 46.0 Å². The lowest BCUT2D eigenvalue weighted by Crippen LogP contribution is -2.10. The van der Waals surface area contributed by atoms with Gasteiger partial charge in [0.15, 0.2) is 5.13 Å². The first-order valence-corrected chi connectivity index (χ1v) is 8.45. The predicted octanol–water partition coefficient (Wildman–Crippen LogP) is 4.89. The molecule has 1 aromatic heterocycles. The van der Waals surface area contributed by atoms with Crippen LogP contribution in [0.1, 0.15) is 45.1 Å². The van der Waals surface area contributed by atoms with E-state index in [9.17, 15) is 4.79 Å². The van der Waals surface area contributed by atoms with Crippen LogP contribution in [0, 0.1) is 0 Å². The van der Waals surface area contributed by atoms with Gasteiger partial charge in [-0.05, 0) is 18.4 Å². The topological polar surface area (TPSA) is 42.0 Å². The summed E-state index contributed by atoms with van der Waals surface area (Å²) in [5.74, 6) is 0.0608. The molecule has 4 heteroatoms. The molecule has 0 aliphatic heterocycles. The molecule has 0 bridgehead atoms. The van der Waals surface area contributed by atoms with E-state index < -0.39 is 0 Å². The molecule has 2 aromatic rings. The lowest BCUT2D eigenvalue weighted by Gasteiger charge is -2.01. The van der Waals surface area contributed by atoms with E-state index in [2.05, 4.69) is 48.4 Å².